The maximum Gasteiger partial charge on any atom is 0.303 e. The van der Waals surface area contributed by atoms with Crippen LogP contribution in [0.15, 0.2) is 54.6 Å². The number of aliphatic carboxylic acids is 1. The molecule has 0 aliphatic heterocycles. The summed E-state index contributed by atoms with van der Waals surface area (Å²) in [6.45, 7) is 4.09. The van der Waals surface area contributed by atoms with E-state index in [0.717, 1.165) is 35.5 Å². The van der Waals surface area contributed by atoms with Crippen LogP contribution >= 0.6 is 0 Å². The molecular weight excluding hydrogens is 398 g/mol. The average Bonchev–Trinajstić information content (AvgIpc) is 3.11. The third kappa shape index (κ3) is 5.66. The molecule has 1 N–H and O–H groups in total. The number of nitrogens with zero attached hydrogens (tertiary/aromatic N) is 2. The van der Waals surface area contributed by atoms with E-state index < -0.39 is 5.97 Å². The van der Waals surface area contributed by atoms with E-state index in [2.05, 4.69) is 0 Å². The number of halogens is 2. The number of benzene rings is 2. The van der Waals surface area contributed by atoms with Crippen molar-refractivity contribution < 1.29 is 18.7 Å². The SMILES string of the molecule is CC(C)c1nc(-c2ccc(F)cc2)c(-c2ccc(F)cc2)n1/C=C/CCCCC(=O)O. The first kappa shape index (κ1) is 22.4. The Morgan fingerprint density at radius 2 is 1.58 bits per heavy atom. The normalized spacial score (nSPS) is 11.5. The lowest BCUT2D eigenvalue weighted by atomic mass is 10.0. The maximum atomic E-state index is 13.6. The number of hydrogen-bond donors (Lipinski definition) is 1. The molecule has 0 atom stereocenters. The second-order valence-electron chi connectivity index (χ2n) is 7.73. The number of rotatable bonds is 9. The zero-order valence-electron chi connectivity index (χ0n) is 17.7. The molecule has 0 unspecified atom stereocenters. The van der Waals surface area contributed by atoms with E-state index in [1.807, 2.05) is 30.7 Å². The molecule has 4 nitrogen and oxygen atoms in total. The van der Waals surface area contributed by atoms with Crippen molar-refractivity contribution in [1.82, 2.24) is 9.55 Å². The van der Waals surface area contributed by atoms with Crippen molar-refractivity contribution >= 4 is 12.2 Å². The molecule has 31 heavy (non-hydrogen) atoms. The summed E-state index contributed by atoms with van der Waals surface area (Å²) in [5.74, 6) is -0.484. The average molecular weight is 424 g/mol. The number of allylic oxidation sites excluding steroid dienone is 1. The van der Waals surface area contributed by atoms with Crippen LogP contribution in [0.1, 0.15) is 51.3 Å². The first-order valence-electron chi connectivity index (χ1n) is 10.4. The summed E-state index contributed by atoms with van der Waals surface area (Å²) < 4.78 is 29.0. The first-order chi connectivity index (χ1) is 14.9. The molecule has 0 radical (unpaired) electrons. The molecule has 0 spiro atoms. The molecule has 0 aliphatic rings. The van der Waals surface area contributed by atoms with Gasteiger partial charge in [0.2, 0.25) is 0 Å². The van der Waals surface area contributed by atoms with Crippen LogP contribution in [0.25, 0.3) is 28.7 Å². The highest BCUT2D eigenvalue weighted by Gasteiger charge is 2.20. The molecule has 1 heterocycles. The predicted molar refractivity (Wildman–Crippen MR) is 119 cm³/mol. The molecule has 0 saturated carbocycles. The summed E-state index contributed by atoms with van der Waals surface area (Å²) in [7, 11) is 0. The van der Waals surface area contributed by atoms with E-state index in [-0.39, 0.29) is 24.0 Å². The van der Waals surface area contributed by atoms with Crippen LogP contribution in [0.5, 0.6) is 0 Å². The fourth-order valence-electron chi connectivity index (χ4n) is 3.42. The van der Waals surface area contributed by atoms with E-state index in [1.54, 1.807) is 24.3 Å². The lowest BCUT2D eigenvalue weighted by Gasteiger charge is -2.11. The van der Waals surface area contributed by atoms with E-state index in [4.69, 9.17) is 10.1 Å². The van der Waals surface area contributed by atoms with Gasteiger partial charge in [0.05, 0.1) is 11.4 Å². The number of imidazole rings is 1. The highest BCUT2D eigenvalue weighted by molar-refractivity contribution is 5.80. The molecule has 162 valence electrons. The zero-order chi connectivity index (χ0) is 22.4. The molecule has 0 bridgehead atoms. The van der Waals surface area contributed by atoms with E-state index in [0.29, 0.717) is 12.1 Å². The van der Waals surface area contributed by atoms with Gasteiger partial charge in [-0.15, -0.1) is 0 Å². The molecular formula is C25H26F2N2O2. The van der Waals surface area contributed by atoms with E-state index in [9.17, 15) is 13.6 Å². The first-order valence-corrected chi connectivity index (χ1v) is 10.4. The highest BCUT2D eigenvalue weighted by Crippen LogP contribution is 2.35. The number of carboxylic acids is 1. The van der Waals surface area contributed by atoms with Crippen molar-refractivity contribution in [2.45, 2.75) is 45.4 Å². The summed E-state index contributed by atoms with van der Waals surface area (Å²) in [6, 6.07) is 12.4. The Balaban J connectivity index is 2.05. The summed E-state index contributed by atoms with van der Waals surface area (Å²) in [4.78, 5) is 15.5. The third-order valence-electron chi connectivity index (χ3n) is 4.96. The van der Waals surface area contributed by atoms with Crippen molar-refractivity contribution in [3.8, 4) is 22.5 Å². The van der Waals surface area contributed by atoms with Gasteiger partial charge in [-0.3, -0.25) is 4.79 Å². The lowest BCUT2D eigenvalue weighted by Crippen LogP contribution is -2.00. The molecule has 2 aromatic carbocycles. The lowest BCUT2D eigenvalue weighted by molar-refractivity contribution is -0.137. The van der Waals surface area contributed by atoms with Crippen LogP contribution in [0.4, 0.5) is 8.78 Å². The molecule has 0 saturated heterocycles. The summed E-state index contributed by atoms with van der Waals surface area (Å²) >= 11 is 0. The number of carbonyl (C=O) groups is 1. The Bertz CT molecular complexity index is 1050. The Labute approximate surface area is 180 Å². The van der Waals surface area contributed by atoms with E-state index >= 15 is 0 Å². The van der Waals surface area contributed by atoms with Gasteiger partial charge in [0.25, 0.3) is 0 Å². The molecule has 3 rings (SSSR count). The second kappa shape index (κ2) is 10.2. The number of hydrogen-bond acceptors (Lipinski definition) is 2. The quantitative estimate of drug-likeness (QED) is 0.387. The van der Waals surface area contributed by atoms with Crippen molar-refractivity contribution in [3.63, 3.8) is 0 Å². The van der Waals surface area contributed by atoms with Gasteiger partial charge < -0.3 is 9.67 Å². The van der Waals surface area contributed by atoms with Gasteiger partial charge in [-0.05, 0) is 67.8 Å². The highest BCUT2D eigenvalue weighted by atomic mass is 19.1. The van der Waals surface area contributed by atoms with Crippen LogP contribution < -0.4 is 0 Å². The van der Waals surface area contributed by atoms with Crippen molar-refractivity contribution in [3.05, 3.63) is 72.1 Å². The summed E-state index contributed by atoms with van der Waals surface area (Å²) in [5.41, 5.74) is 3.08. The van der Waals surface area contributed by atoms with Crippen molar-refractivity contribution in [2.75, 3.05) is 0 Å². The standard InChI is InChI=1S/C25H26F2N2O2/c1-17(2)25-28-23(18-8-12-20(26)13-9-18)24(19-10-14-21(27)15-11-19)29(25)16-6-4-3-5-7-22(30)31/h6,8-17H,3-5,7H2,1-2H3,(H,30,31)/b16-6+. The molecule has 3 aromatic rings. The monoisotopic (exact) mass is 424 g/mol. The second-order valence-corrected chi connectivity index (χ2v) is 7.73. The van der Waals surface area contributed by atoms with Gasteiger partial charge in [0.15, 0.2) is 0 Å². The Hall–Kier alpha value is -3.28. The van der Waals surface area contributed by atoms with Crippen LogP contribution in [-0.4, -0.2) is 20.6 Å². The summed E-state index contributed by atoms with van der Waals surface area (Å²) in [5, 5.41) is 8.78. The molecule has 0 fully saturated rings. The van der Waals surface area contributed by atoms with Crippen molar-refractivity contribution in [1.29, 1.82) is 0 Å². The molecule has 0 aliphatic carbocycles. The van der Waals surface area contributed by atoms with Crippen molar-refractivity contribution in [2.24, 2.45) is 0 Å². The van der Waals surface area contributed by atoms with Gasteiger partial charge in [-0.25, -0.2) is 13.8 Å². The minimum atomic E-state index is -0.789. The number of carboxylic acid groups (broad SMARTS) is 1. The minimum absolute atomic E-state index is 0.116. The van der Waals surface area contributed by atoms with Gasteiger partial charge in [-0.2, -0.15) is 0 Å². The number of unbranched alkanes of at least 4 members (excludes halogenated alkanes) is 2. The van der Waals surface area contributed by atoms with Crippen LogP contribution in [0.3, 0.4) is 0 Å². The van der Waals surface area contributed by atoms with Gasteiger partial charge >= 0.3 is 5.97 Å². The van der Waals surface area contributed by atoms with E-state index in [1.165, 1.54) is 24.3 Å². The molecule has 6 heteroatoms. The summed E-state index contributed by atoms with van der Waals surface area (Å²) in [6.07, 6.45) is 6.21. The van der Waals surface area contributed by atoms with Crippen LogP contribution in [-0.2, 0) is 4.79 Å². The fraction of sp³-hybridized carbons (Fsp3) is 0.280. The van der Waals surface area contributed by atoms with Gasteiger partial charge in [-0.1, -0.05) is 19.9 Å². The number of aromatic nitrogens is 2. The molecule has 1 aromatic heterocycles. The largest absolute Gasteiger partial charge is 0.481 e. The molecule has 0 amide bonds. The predicted octanol–water partition coefficient (Wildman–Crippen LogP) is 6.73. The maximum absolute atomic E-state index is 13.6. The smallest absolute Gasteiger partial charge is 0.303 e. The van der Waals surface area contributed by atoms with Gasteiger partial charge in [0.1, 0.15) is 17.5 Å². The minimum Gasteiger partial charge on any atom is -0.481 e. The third-order valence-corrected chi connectivity index (χ3v) is 4.96. The Morgan fingerprint density at radius 1 is 1.00 bits per heavy atom. The van der Waals surface area contributed by atoms with Crippen LogP contribution in [0.2, 0.25) is 0 Å². The zero-order valence-corrected chi connectivity index (χ0v) is 17.7. The van der Waals surface area contributed by atoms with Gasteiger partial charge in [0, 0.05) is 29.7 Å². The Morgan fingerprint density at radius 3 is 2.13 bits per heavy atom. The fourth-order valence-corrected chi connectivity index (χ4v) is 3.42. The topological polar surface area (TPSA) is 55.1 Å². The van der Waals surface area contributed by atoms with Crippen LogP contribution in [0, 0.1) is 11.6 Å². The Kier molecular flexibility index (Phi) is 7.34.